The van der Waals surface area contributed by atoms with Crippen LogP contribution >= 0.6 is 0 Å². The molecule has 0 atom stereocenters. The van der Waals surface area contributed by atoms with Gasteiger partial charge in [0.25, 0.3) is 0 Å². The summed E-state index contributed by atoms with van der Waals surface area (Å²) in [4.78, 5) is 0. The molecule has 1 aliphatic rings. The second-order valence-electron chi connectivity index (χ2n) is 2.04. The molecule has 0 unspecified atom stereocenters. The van der Waals surface area contributed by atoms with Gasteiger partial charge in [-0.05, 0) is 5.92 Å². The van der Waals surface area contributed by atoms with E-state index in [1.165, 1.54) is 6.42 Å². The Kier molecular flexibility index (Phi) is 1.36. The lowest BCUT2D eigenvalue weighted by Gasteiger charge is -1.98. The monoisotopic (exact) mass is 94.1 g/mol. The molecule has 0 aromatic rings. The van der Waals surface area contributed by atoms with Crippen LogP contribution in [-0.4, -0.2) is 0 Å². The maximum atomic E-state index is 3.07. The van der Waals surface area contributed by atoms with Gasteiger partial charge in [-0.3, -0.25) is 0 Å². The third kappa shape index (κ3) is 0.962. The number of hydrogen-bond acceptors (Lipinski definition) is 0. The summed E-state index contributed by atoms with van der Waals surface area (Å²) in [5.41, 5.74) is 0. The van der Waals surface area contributed by atoms with Crippen LogP contribution in [0.15, 0.2) is 0 Å². The predicted molar refractivity (Wildman–Crippen MR) is 30.8 cm³/mol. The minimum absolute atomic E-state index is 0.875. The molecule has 0 aromatic carbocycles. The highest BCUT2D eigenvalue weighted by Gasteiger charge is 2.04. The zero-order valence-corrected chi connectivity index (χ0v) is 4.70. The average Bonchev–Trinajstić information content (AvgIpc) is 2.14. The van der Waals surface area contributed by atoms with Crippen molar-refractivity contribution in [3.8, 4) is 11.8 Å². The lowest BCUT2D eigenvalue weighted by molar-refractivity contribution is 0.556. The van der Waals surface area contributed by atoms with E-state index < -0.39 is 0 Å². The second kappa shape index (κ2) is 2.02. The molecule has 0 saturated heterocycles. The van der Waals surface area contributed by atoms with Gasteiger partial charge in [0.05, 0.1) is 0 Å². The van der Waals surface area contributed by atoms with Crippen molar-refractivity contribution in [3.63, 3.8) is 0 Å². The summed E-state index contributed by atoms with van der Waals surface area (Å²) in [5.74, 6) is 7.02. The van der Waals surface area contributed by atoms with Gasteiger partial charge in [-0.1, -0.05) is 13.3 Å². The first-order chi connectivity index (χ1) is 3.43. The lowest BCUT2D eigenvalue weighted by Crippen LogP contribution is -1.88. The molecule has 0 bridgehead atoms. The molecular weight excluding hydrogens is 84.1 g/mol. The fourth-order valence-corrected chi connectivity index (χ4v) is 0.794. The molecule has 0 saturated carbocycles. The minimum Gasteiger partial charge on any atom is -0.103 e. The van der Waals surface area contributed by atoms with Crippen LogP contribution < -0.4 is 0 Å². The Hall–Kier alpha value is -0.440. The van der Waals surface area contributed by atoms with Crippen molar-refractivity contribution in [2.24, 2.45) is 5.92 Å². The molecule has 0 aromatic heterocycles. The first kappa shape index (κ1) is 4.71. The molecule has 1 rings (SSSR count). The van der Waals surface area contributed by atoms with Gasteiger partial charge in [-0.2, -0.15) is 0 Å². The first-order valence-electron chi connectivity index (χ1n) is 2.89. The summed E-state index contributed by atoms with van der Waals surface area (Å²) in [6.45, 7) is 2.22. The molecule has 0 heterocycles. The van der Waals surface area contributed by atoms with E-state index in [2.05, 4.69) is 18.8 Å². The van der Waals surface area contributed by atoms with E-state index in [4.69, 9.17) is 0 Å². The smallest absolute Gasteiger partial charge is 0.0126 e. The van der Waals surface area contributed by atoms with Gasteiger partial charge >= 0.3 is 0 Å². The van der Waals surface area contributed by atoms with Gasteiger partial charge in [0.1, 0.15) is 0 Å². The van der Waals surface area contributed by atoms with E-state index in [1.54, 1.807) is 0 Å². The fourth-order valence-electron chi connectivity index (χ4n) is 0.794. The van der Waals surface area contributed by atoms with Crippen LogP contribution in [0.5, 0.6) is 0 Å². The maximum Gasteiger partial charge on any atom is 0.0126 e. The summed E-state index contributed by atoms with van der Waals surface area (Å²) in [7, 11) is 0. The van der Waals surface area contributed by atoms with Crippen molar-refractivity contribution < 1.29 is 0 Å². The van der Waals surface area contributed by atoms with E-state index in [0.29, 0.717) is 0 Å². The number of hydrogen-bond donors (Lipinski definition) is 0. The number of rotatable bonds is 1. The average molecular weight is 94.2 g/mol. The molecule has 0 nitrogen and oxygen atoms in total. The van der Waals surface area contributed by atoms with Crippen LogP contribution in [0, 0.1) is 17.8 Å². The van der Waals surface area contributed by atoms with E-state index in [0.717, 1.165) is 18.8 Å². The molecule has 0 N–H and O–H groups in total. The van der Waals surface area contributed by atoms with Gasteiger partial charge in [-0.25, -0.2) is 0 Å². The highest BCUT2D eigenvalue weighted by molar-refractivity contribution is 5.07. The molecule has 38 valence electrons. The minimum atomic E-state index is 0.875. The van der Waals surface area contributed by atoms with Gasteiger partial charge < -0.3 is 0 Å². The second-order valence-corrected chi connectivity index (χ2v) is 2.04. The van der Waals surface area contributed by atoms with E-state index in [-0.39, 0.29) is 0 Å². The summed E-state index contributed by atoms with van der Waals surface area (Å²) >= 11 is 0. The summed E-state index contributed by atoms with van der Waals surface area (Å²) in [6, 6.07) is 0. The van der Waals surface area contributed by atoms with Crippen LogP contribution in [-0.2, 0) is 0 Å². The standard InChI is InChI=1S/C7H10/c1-2-7-5-3-4-6-7/h7H,2,5-6H2,1H3. The topological polar surface area (TPSA) is 0 Å². The normalized spacial score (nSPS) is 19.0. The van der Waals surface area contributed by atoms with Crippen molar-refractivity contribution >= 4 is 0 Å². The Morgan fingerprint density at radius 3 is 2.29 bits per heavy atom. The Morgan fingerprint density at radius 1 is 1.43 bits per heavy atom. The molecule has 0 amide bonds. The van der Waals surface area contributed by atoms with E-state index in [9.17, 15) is 0 Å². The third-order valence-electron chi connectivity index (χ3n) is 1.48. The van der Waals surface area contributed by atoms with Crippen LogP contribution in [0.25, 0.3) is 0 Å². The van der Waals surface area contributed by atoms with Gasteiger partial charge in [0.15, 0.2) is 0 Å². The maximum absolute atomic E-state index is 3.07. The Balaban J connectivity index is 2.25. The summed E-state index contributed by atoms with van der Waals surface area (Å²) in [6.07, 6.45) is 3.59. The Bertz CT molecular complexity index is 92.9. The summed E-state index contributed by atoms with van der Waals surface area (Å²) in [5, 5.41) is 0. The molecule has 1 aliphatic carbocycles. The lowest BCUT2D eigenvalue weighted by atomic mass is 10.0. The van der Waals surface area contributed by atoms with Gasteiger partial charge in [0.2, 0.25) is 0 Å². The quantitative estimate of drug-likeness (QED) is 0.435. The highest BCUT2D eigenvalue weighted by Crippen LogP contribution is 2.14. The fraction of sp³-hybridized carbons (Fsp3) is 0.714. The molecule has 0 heteroatoms. The van der Waals surface area contributed by atoms with Crippen LogP contribution in [0.2, 0.25) is 0 Å². The molecular formula is C7H10. The Labute approximate surface area is 44.9 Å². The van der Waals surface area contributed by atoms with Crippen LogP contribution in [0.1, 0.15) is 26.2 Å². The molecule has 0 radical (unpaired) electrons. The molecule has 0 aliphatic heterocycles. The van der Waals surface area contributed by atoms with Gasteiger partial charge in [0, 0.05) is 12.8 Å². The third-order valence-corrected chi connectivity index (χ3v) is 1.48. The predicted octanol–water partition coefficient (Wildman–Crippen LogP) is 1.81. The summed E-state index contributed by atoms with van der Waals surface area (Å²) < 4.78 is 0. The first-order valence-corrected chi connectivity index (χ1v) is 2.89. The largest absolute Gasteiger partial charge is 0.103 e. The van der Waals surface area contributed by atoms with Gasteiger partial charge in [-0.15, -0.1) is 11.8 Å². The highest BCUT2D eigenvalue weighted by atomic mass is 14.1. The van der Waals surface area contributed by atoms with Crippen molar-refractivity contribution in [2.45, 2.75) is 26.2 Å². The van der Waals surface area contributed by atoms with Crippen LogP contribution in [0.4, 0.5) is 0 Å². The Morgan fingerprint density at radius 2 is 2.00 bits per heavy atom. The van der Waals surface area contributed by atoms with Crippen molar-refractivity contribution in [3.05, 3.63) is 0 Å². The van der Waals surface area contributed by atoms with Crippen molar-refractivity contribution in [1.82, 2.24) is 0 Å². The van der Waals surface area contributed by atoms with E-state index in [1.807, 2.05) is 0 Å². The van der Waals surface area contributed by atoms with Crippen molar-refractivity contribution in [1.29, 1.82) is 0 Å². The molecule has 7 heavy (non-hydrogen) atoms. The SMILES string of the molecule is CCC1CC#CC1. The van der Waals surface area contributed by atoms with Crippen LogP contribution in [0.3, 0.4) is 0 Å². The zero-order chi connectivity index (χ0) is 5.11. The molecule has 0 spiro atoms. The molecule has 0 fully saturated rings. The zero-order valence-electron chi connectivity index (χ0n) is 4.70. The van der Waals surface area contributed by atoms with E-state index >= 15 is 0 Å². The van der Waals surface area contributed by atoms with Crippen molar-refractivity contribution in [2.75, 3.05) is 0 Å².